The molecule has 5 nitrogen and oxygen atoms in total. The van der Waals surface area contributed by atoms with Crippen LogP contribution in [-0.2, 0) is 11.3 Å². The van der Waals surface area contributed by atoms with Crippen molar-refractivity contribution in [2.24, 2.45) is 0 Å². The lowest BCUT2D eigenvalue weighted by Crippen LogP contribution is -2.29. The van der Waals surface area contributed by atoms with Gasteiger partial charge in [0.05, 0.1) is 10.9 Å². The van der Waals surface area contributed by atoms with E-state index in [1.165, 1.54) is 22.0 Å². The van der Waals surface area contributed by atoms with Gasteiger partial charge in [-0.1, -0.05) is 23.7 Å². The number of benzene rings is 2. The maximum absolute atomic E-state index is 14.2. The van der Waals surface area contributed by atoms with E-state index in [1.807, 2.05) is 0 Å². The minimum absolute atomic E-state index is 0.198. The molecule has 1 amide bonds. The summed E-state index contributed by atoms with van der Waals surface area (Å²) >= 11 is 7.08. The van der Waals surface area contributed by atoms with Gasteiger partial charge in [-0.05, 0) is 37.3 Å². The molecule has 0 radical (unpaired) electrons. The molecule has 8 heteroatoms. The molecule has 0 aliphatic rings. The van der Waals surface area contributed by atoms with E-state index in [4.69, 9.17) is 11.6 Å². The zero-order valence-corrected chi connectivity index (χ0v) is 15.7. The summed E-state index contributed by atoms with van der Waals surface area (Å²) in [5.74, 6) is -0.450. The molecule has 0 saturated carbocycles. The first-order valence-electron chi connectivity index (χ1n) is 8.07. The second kappa shape index (κ2) is 6.75. The molecule has 0 saturated heterocycles. The van der Waals surface area contributed by atoms with Gasteiger partial charge in [0.1, 0.15) is 22.9 Å². The Kier molecular flexibility index (Phi) is 4.41. The fourth-order valence-corrected chi connectivity index (χ4v) is 4.23. The van der Waals surface area contributed by atoms with Gasteiger partial charge in [-0.15, -0.1) is 11.3 Å². The Morgan fingerprint density at radius 2 is 2.07 bits per heavy atom. The van der Waals surface area contributed by atoms with Gasteiger partial charge in [-0.25, -0.2) is 9.37 Å². The molecule has 0 atom stereocenters. The number of fused-ring (bicyclic) bond motifs is 3. The standard InChI is InChI=1S/C19H13ClFN3O2S/c1-10-22-17-16-13(21)6-3-7-14(16)27-18(17)19(26)24(10)9-15(25)23-12-5-2-4-11(20)8-12/h2-8H,9H2,1H3,(H,23,25). The number of aryl methyl sites for hydroxylation is 1. The van der Waals surface area contributed by atoms with E-state index in [9.17, 15) is 14.0 Å². The normalized spacial score (nSPS) is 11.2. The maximum Gasteiger partial charge on any atom is 0.272 e. The largest absolute Gasteiger partial charge is 0.324 e. The molecule has 2 heterocycles. The van der Waals surface area contributed by atoms with E-state index in [-0.39, 0.29) is 18.0 Å². The quantitative estimate of drug-likeness (QED) is 0.555. The van der Waals surface area contributed by atoms with Crippen molar-refractivity contribution in [3.8, 4) is 0 Å². The van der Waals surface area contributed by atoms with Crippen molar-refractivity contribution in [3.05, 3.63) is 69.5 Å². The predicted molar refractivity (Wildman–Crippen MR) is 106 cm³/mol. The first-order chi connectivity index (χ1) is 12.9. The third-order valence-electron chi connectivity index (χ3n) is 4.15. The van der Waals surface area contributed by atoms with Crippen molar-refractivity contribution in [2.45, 2.75) is 13.5 Å². The summed E-state index contributed by atoms with van der Waals surface area (Å²) < 4.78 is 16.4. The molecule has 0 bridgehead atoms. The Labute approximate surface area is 162 Å². The molecular formula is C19H13ClFN3O2S. The number of halogens is 2. The van der Waals surface area contributed by atoms with Crippen LogP contribution in [0.1, 0.15) is 5.82 Å². The summed E-state index contributed by atoms with van der Waals surface area (Å²) in [4.78, 5) is 29.6. The van der Waals surface area contributed by atoms with Gasteiger partial charge in [-0.3, -0.25) is 14.2 Å². The van der Waals surface area contributed by atoms with Crippen molar-refractivity contribution < 1.29 is 9.18 Å². The topological polar surface area (TPSA) is 64.0 Å². The highest BCUT2D eigenvalue weighted by Crippen LogP contribution is 2.32. The molecule has 0 spiro atoms. The van der Waals surface area contributed by atoms with Crippen LogP contribution in [0, 0.1) is 12.7 Å². The molecule has 27 heavy (non-hydrogen) atoms. The first kappa shape index (κ1) is 17.6. The van der Waals surface area contributed by atoms with Gasteiger partial charge in [0.15, 0.2) is 0 Å². The second-order valence-corrected chi connectivity index (χ2v) is 7.49. The fraction of sp³-hybridized carbons (Fsp3) is 0.105. The Hall–Kier alpha value is -2.77. The van der Waals surface area contributed by atoms with Crippen LogP contribution in [0.5, 0.6) is 0 Å². The Morgan fingerprint density at radius 3 is 2.85 bits per heavy atom. The number of hydrogen-bond acceptors (Lipinski definition) is 4. The summed E-state index contributed by atoms with van der Waals surface area (Å²) in [5.41, 5.74) is 0.512. The molecule has 2 aromatic carbocycles. The third kappa shape index (κ3) is 3.20. The molecule has 0 aliphatic carbocycles. The van der Waals surface area contributed by atoms with Crippen LogP contribution in [0.25, 0.3) is 20.3 Å². The monoisotopic (exact) mass is 401 g/mol. The van der Waals surface area contributed by atoms with E-state index in [1.54, 1.807) is 43.3 Å². The molecule has 4 aromatic rings. The fourth-order valence-electron chi connectivity index (χ4n) is 2.93. The number of thiophene rings is 1. The summed E-state index contributed by atoms with van der Waals surface area (Å²) in [7, 11) is 0. The number of amides is 1. The Bertz CT molecular complexity index is 1270. The zero-order chi connectivity index (χ0) is 19.1. The lowest BCUT2D eigenvalue weighted by Gasteiger charge is -2.10. The van der Waals surface area contributed by atoms with Gasteiger partial charge in [0.2, 0.25) is 5.91 Å². The minimum atomic E-state index is -0.415. The van der Waals surface area contributed by atoms with Crippen molar-refractivity contribution in [2.75, 3.05) is 5.32 Å². The molecular weight excluding hydrogens is 389 g/mol. The van der Waals surface area contributed by atoms with Gasteiger partial charge >= 0.3 is 0 Å². The second-order valence-electron chi connectivity index (χ2n) is 6.00. The van der Waals surface area contributed by atoms with Crippen LogP contribution in [0.3, 0.4) is 0 Å². The highest BCUT2D eigenvalue weighted by molar-refractivity contribution is 7.25. The third-order valence-corrected chi connectivity index (χ3v) is 5.52. The van der Waals surface area contributed by atoms with E-state index in [0.717, 1.165) is 0 Å². The predicted octanol–water partition coefficient (Wildman–Crippen LogP) is 4.35. The Morgan fingerprint density at radius 1 is 1.30 bits per heavy atom. The number of hydrogen-bond donors (Lipinski definition) is 1. The van der Waals surface area contributed by atoms with Crippen LogP contribution >= 0.6 is 22.9 Å². The summed E-state index contributed by atoms with van der Waals surface area (Å²) in [6.07, 6.45) is 0. The van der Waals surface area contributed by atoms with Gasteiger partial charge in [0, 0.05) is 15.4 Å². The number of anilines is 1. The molecule has 0 unspecified atom stereocenters. The summed E-state index contributed by atoms with van der Waals surface area (Å²) in [6, 6.07) is 11.4. The van der Waals surface area contributed by atoms with Crippen LogP contribution < -0.4 is 10.9 Å². The van der Waals surface area contributed by atoms with Crippen LogP contribution in [-0.4, -0.2) is 15.5 Å². The zero-order valence-electron chi connectivity index (χ0n) is 14.1. The van der Waals surface area contributed by atoms with Gasteiger partial charge in [0.25, 0.3) is 5.56 Å². The van der Waals surface area contributed by atoms with Gasteiger partial charge < -0.3 is 5.32 Å². The highest BCUT2D eigenvalue weighted by Gasteiger charge is 2.18. The average molecular weight is 402 g/mol. The van der Waals surface area contributed by atoms with Crippen LogP contribution in [0.2, 0.25) is 5.02 Å². The van der Waals surface area contributed by atoms with Crippen molar-refractivity contribution in [1.82, 2.24) is 9.55 Å². The van der Waals surface area contributed by atoms with Crippen LogP contribution in [0.15, 0.2) is 47.3 Å². The number of nitrogens with one attached hydrogen (secondary N) is 1. The lowest BCUT2D eigenvalue weighted by molar-refractivity contribution is -0.116. The van der Waals surface area contributed by atoms with Crippen molar-refractivity contribution in [1.29, 1.82) is 0 Å². The summed E-state index contributed by atoms with van der Waals surface area (Å²) in [6.45, 7) is 1.43. The number of nitrogens with zero attached hydrogens (tertiary/aromatic N) is 2. The number of carbonyl (C=O) groups is 1. The molecule has 1 N–H and O–H groups in total. The molecule has 0 aliphatic heterocycles. The van der Waals surface area contributed by atoms with E-state index < -0.39 is 5.82 Å². The van der Waals surface area contributed by atoms with Gasteiger partial charge in [-0.2, -0.15) is 0 Å². The summed E-state index contributed by atoms with van der Waals surface area (Å²) in [5, 5.41) is 3.54. The van der Waals surface area contributed by atoms with Crippen molar-refractivity contribution >= 4 is 54.8 Å². The molecule has 2 aromatic heterocycles. The highest BCUT2D eigenvalue weighted by atomic mass is 35.5. The maximum atomic E-state index is 14.2. The molecule has 136 valence electrons. The van der Waals surface area contributed by atoms with E-state index in [2.05, 4.69) is 10.3 Å². The molecule has 0 fully saturated rings. The minimum Gasteiger partial charge on any atom is -0.324 e. The Balaban J connectivity index is 1.74. The first-order valence-corrected chi connectivity index (χ1v) is 9.27. The number of rotatable bonds is 3. The van der Waals surface area contributed by atoms with Crippen LogP contribution in [0.4, 0.5) is 10.1 Å². The SMILES string of the molecule is Cc1nc2c(sc3cccc(F)c32)c(=O)n1CC(=O)Nc1cccc(Cl)c1. The number of aromatic nitrogens is 2. The van der Waals surface area contributed by atoms with E-state index in [0.29, 0.717) is 36.8 Å². The van der Waals surface area contributed by atoms with Crippen molar-refractivity contribution in [3.63, 3.8) is 0 Å². The number of carbonyl (C=O) groups excluding carboxylic acids is 1. The lowest BCUT2D eigenvalue weighted by atomic mass is 10.2. The van der Waals surface area contributed by atoms with E-state index >= 15 is 0 Å². The average Bonchev–Trinajstić information content (AvgIpc) is 2.98. The molecule has 4 rings (SSSR count). The smallest absolute Gasteiger partial charge is 0.272 e.